The van der Waals surface area contributed by atoms with Crippen LogP contribution in [-0.4, -0.2) is 38.2 Å². The van der Waals surface area contributed by atoms with Crippen LogP contribution in [0.15, 0.2) is 67.3 Å². The Hall–Kier alpha value is -4.84. The Morgan fingerprint density at radius 2 is 1.97 bits per heavy atom. The van der Waals surface area contributed by atoms with Gasteiger partial charge in [-0.1, -0.05) is 30.2 Å². The van der Waals surface area contributed by atoms with Crippen molar-refractivity contribution in [3.63, 3.8) is 0 Å². The largest absolute Gasteiger partial charge is 0.494 e. The van der Waals surface area contributed by atoms with E-state index in [-0.39, 0.29) is 19.0 Å². The van der Waals surface area contributed by atoms with E-state index in [1.54, 1.807) is 60.5 Å². The second-order valence-electron chi connectivity index (χ2n) is 8.03. The summed E-state index contributed by atoms with van der Waals surface area (Å²) in [7, 11) is 0. The minimum atomic E-state index is -1.42. The molecule has 1 fully saturated rings. The van der Waals surface area contributed by atoms with Gasteiger partial charge in [0.05, 0.1) is 18.4 Å². The summed E-state index contributed by atoms with van der Waals surface area (Å²) in [4.78, 5) is 33.6. The molecule has 0 spiro atoms. The number of carbonyl (C=O) groups excluding carboxylic acids is 2. The first-order valence-electron chi connectivity index (χ1n) is 10.8. The molecule has 0 bridgehead atoms. The number of nitrogens with one attached hydrogen (secondary N) is 2. The molecule has 3 heterocycles. The van der Waals surface area contributed by atoms with E-state index >= 15 is 0 Å². The van der Waals surface area contributed by atoms with Crippen molar-refractivity contribution in [3.8, 4) is 34.7 Å². The third-order valence-electron chi connectivity index (χ3n) is 5.91. The summed E-state index contributed by atoms with van der Waals surface area (Å²) in [5, 5.41) is 17.4. The Kier molecular flexibility index (Phi) is 5.55. The van der Waals surface area contributed by atoms with Crippen molar-refractivity contribution in [2.45, 2.75) is 19.0 Å². The summed E-state index contributed by atoms with van der Waals surface area (Å²) < 4.78 is 7.14. The van der Waals surface area contributed by atoms with Gasteiger partial charge in [0.25, 0.3) is 5.91 Å². The van der Waals surface area contributed by atoms with E-state index < -0.39 is 17.5 Å². The first kappa shape index (κ1) is 22.0. The zero-order chi connectivity index (χ0) is 24.4. The fourth-order valence-electron chi connectivity index (χ4n) is 4.15. The van der Waals surface area contributed by atoms with Crippen LogP contribution in [0.5, 0.6) is 11.6 Å². The lowest BCUT2D eigenvalue weighted by Crippen LogP contribution is -2.47. The zero-order valence-corrected chi connectivity index (χ0v) is 18.8. The Balaban J connectivity index is 1.51. The van der Waals surface area contributed by atoms with Gasteiger partial charge in [-0.25, -0.2) is 4.79 Å². The number of carbonyl (C=O) groups is 2. The van der Waals surface area contributed by atoms with E-state index in [9.17, 15) is 14.7 Å². The Labute approximate surface area is 200 Å². The number of aromatic hydroxyl groups is 1. The maximum absolute atomic E-state index is 13.0. The molecule has 1 atom stereocenters. The summed E-state index contributed by atoms with van der Waals surface area (Å²) in [6.45, 7) is 1.95. The number of fused-ring (bicyclic) bond motifs is 1. The Morgan fingerprint density at radius 3 is 2.66 bits per heavy atom. The van der Waals surface area contributed by atoms with Crippen LogP contribution in [-0.2, 0) is 16.9 Å². The van der Waals surface area contributed by atoms with Gasteiger partial charge in [-0.2, -0.15) is 0 Å². The molecule has 9 nitrogen and oxygen atoms in total. The fraction of sp³-hybridized carbons (Fsp3) is 0.154. The van der Waals surface area contributed by atoms with Crippen molar-refractivity contribution < 1.29 is 19.4 Å². The van der Waals surface area contributed by atoms with Gasteiger partial charge in [0.2, 0.25) is 0 Å². The number of nitrogens with zero attached hydrogens (tertiary/aromatic N) is 3. The van der Waals surface area contributed by atoms with Crippen LogP contribution in [0.1, 0.15) is 12.5 Å². The quantitative estimate of drug-likeness (QED) is 0.296. The van der Waals surface area contributed by atoms with Gasteiger partial charge in [-0.05, 0) is 30.7 Å². The molecule has 1 aliphatic rings. The first-order chi connectivity index (χ1) is 17.0. The molecule has 174 valence electrons. The number of rotatable bonds is 6. The minimum Gasteiger partial charge on any atom is -0.494 e. The summed E-state index contributed by atoms with van der Waals surface area (Å²) in [5.41, 5.74) is 0.648. The van der Waals surface area contributed by atoms with E-state index in [0.717, 1.165) is 10.9 Å². The van der Waals surface area contributed by atoms with Crippen molar-refractivity contribution in [1.82, 2.24) is 25.2 Å². The second-order valence-corrected chi connectivity index (χ2v) is 8.03. The van der Waals surface area contributed by atoms with Crippen LogP contribution >= 0.6 is 0 Å². The van der Waals surface area contributed by atoms with Crippen LogP contribution in [0.3, 0.4) is 0 Å². The van der Waals surface area contributed by atoms with Gasteiger partial charge in [0.1, 0.15) is 12.4 Å². The summed E-state index contributed by atoms with van der Waals surface area (Å²) in [5.74, 6) is 5.61. The van der Waals surface area contributed by atoms with Crippen molar-refractivity contribution >= 4 is 22.7 Å². The predicted molar refractivity (Wildman–Crippen MR) is 128 cm³/mol. The molecule has 0 aliphatic carbocycles. The average molecular weight is 467 g/mol. The van der Waals surface area contributed by atoms with Gasteiger partial charge in [-0.15, -0.1) is 5.92 Å². The lowest BCUT2D eigenvalue weighted by Gasteiger charge is -2.27. The van der Waals surface area contributed by atoms with Crippen LogP contribution in [0.4, 0.5) is 4.79 Å². The Morgan fingerprint density at radius 1 is 1.14 bits per heavy atom. The third kappa shape index (κ3) is 4.02. The minimum absolute atomic E-state index is 0.0208. The SMILES string of the molecule is CC#CCOc1ccc2cn(C[C@@]3(c4ccc(-c5cnccn5)cc4)NC(=O)NC3=O)c(O)c2c1. The van der Waals surface area contributed by atoms with Gasteiger partial charge >= 0.3 is 6.03 Å². The number of amides is 3. The van der Waals surface area contributed by atoms with Crippen molar-refractivity contribution in [1.29, 1.82) is 0 Å². The molecule has 0 unspecified atom stereocenters. The zero-order valence-electron chi connectivity index (χ0n) is 18.8. The smallest absolute Gasteiger partial charge is 0.322 e. The highest BCUT2D eigenvalue weighted by Gasteiger charge is 2.48. The predicted octanol–water partition coefficient (Wildman–Crippen LogP) is 2.94. The highest BCUT2D eigenvalue weighted by atomic mass is 16.5. The molecule has 35 heavy (non-hydrogen) atoms. The normalized spacial score (nSPS) is 16.9. The van der Waals surface area contributed by atoms with Gasteiger partial charge in [-0.3, -0.25) is 20.1 Å². The first-order valence-corrected chi connectivity index (χ1v) is 10.8. The van der Waals surface area contributed by atoms with Crippen LogP contribution in [0.25, 0.3) is 22.0 Å². The molecule has 2 aromatic carbocycles. The summed E-state index contributed by atoms with van der Waals surface area (Å²) in [6.07, 6.45) is 6.56. The fourth-order valence-corrected chi connectivity index (χ4v) is 4.15. The van der Waals surface area contributed by atoms with Gasteiger partial charge in [0.15, 0.2) is 11.4 Å². The molecular weight excluding hydrogens is 446 g/mol. The number of urea groups is 1. The highest BCUT2D eigenvalue weighted by molar-refractivity contribution is 6.07. The molecule has 3 N–H and O–H groups in total. The average Bonchev–Trinajstić information content (AvgIpc) is 3.34. The number of ether oxygens (including phenoxy) is 1. The molecule has 9 heteroatoms. The number of hydrogen-bond donors (Lipinski definition) is 3. The lowest BCUT2D eigenvalue weighted by atomic mass is 9.89. The molecule has 0 radical (unpaired) electrons. The number of aromatic nitrogens is 3. The van der Waals surface area contributed by atoms with Crippen molar-refractivity contribution in [3.05, 3.63) is 72.8 Å². The van der Waals surface area contributed by atoms with Crippen molar-refractivity contribution in [2.75, 3.05) is 6.61 Å². The molecule has 2 aromatic heterocycles. The second kappa shape index (κ2) is 8.83. The van der Waals surface area contributed by atoms with Crippen LogP contribution < -0.4 is 15.4 Å². The van der Waals surface area contributed by atoms with E-state index in [4.69, 9.17) is 4.74 Å². The van der Waals surface area contributed by atoms with E-state index in [1.165, 1.54) is 0 Å². The topological polar surface area (TPSA) is 118 Å². The van der Waals surface area contributed by atoms with Crippen molar-refractivity contribution in [2.24, 2.45) is 0 Å². The van der Waals surface area contributed by atoms with E-state index in [1.807, 2.05) is 18.2 Å². The van der Waals surface area contributed by atoms with Gasteiger partial charge in [0, 0.05) is 34.9 Å². The van der Waals surface area contributed by atoms with E-state index in [0.29, 0.717) is 22.4 Å². The lowest BCUT2D eigenvalue weighted by molar-refractivity contribution is -0.124. The molecule has 5 rings (SSSR count). The molecule has 4 aromatic rings. The van der Waals surface area contributed by atoms with E-state index in [2.05, 4.69) is 32.4 Å². The maximum Gasteiger partial charge on any atom is 0.322 e. The number of benzene rings is 2. The van der Waals surface area contributed by atoms with Gasteiger partial charge < -0.3 is 19.7 Å². The summed E-state index contributed by atoms with van der Waals surface area (Å²) in [6, 6.07) is 11.9. The molecular formula is C26H21N5O4. The standard InChI is InChI=1S/C26H21N5O4/c1-2-3-12-35-20-9-6-18-15-31(23(32)21(18)13-20)16-26(24(33)29-25(34)30-26)19-7-4-17(5-8-19)22-14-27-10-11-28-22/h4-11,13-15,32H,12,16H2,1H3,(H2,29,30,33,34)/t26-/m0/s1. The molecule has 1 saturated heterocycles. The maximum atomic E-state index is 13.0. The molecule has 0 saturated carbocycles. The highest BCUT2D eigenvalue weighted by Crippen LogP contribution is 2.35. The summed E-state index contributed by atoms with van der Waals surface area (Å²) >= 11 is 0. The van der Waals surface area contributed by atoms with Crippen LogP contribution in [0, 0.1) is 11.8 Å². The number of hydrogen-bond acceptors (Lipinski definition) is 6. The monoisotopic (exact) mass is 467 g/mol. The Bertz CT molecular complexity index is 1490. The molecule has 3 amide bonds. The molecule has 1 aliphatic heterocycles. The number of imide groups is 1. The van der Waals surface area contributed by atoms with Crippen LogP contribution in [0.2, 0.25) is 0 Å². The third-order valence-corrected chi connectivity index (χ3v) is 5.91.